The maximum absolute atomic E-state index is 5.97. The van der Waals surface area contributed by atoms with Gasteiger partial charge in [0.2, 0.25) is 5.88 Å². The third kappa shape index (κ3) is 2.29. The van der Waals surface area contributed by atoms with Gasteiger partial charge in [-0.05, 0) is 18.2 Å². The molecule has 0 saturated heterocycles. The van der Waals surface area contributed by atoms with Crippen LogP contribution in [0.2, 0.25) is 5.02 Å². The Balaban J connectivity index is 2.30. The molecule has 0 aliphatic rings. The third-order valence-corrected chi connectivity index (χ3v) is 2.34. The first kappa shape index (κ1) is 10.9. The molecule has 0 aliphatic heterocycles. The highest BCUT2D eigenvalue weighted by molar-refractivity contribution is 6.32. The molecule has 4 nitrogen and oxygen atoms in total. The van der Waals surface area contributed by atoms with Gasteiger partial charge in [0.05, 0.1) is 11.2 Å². The van der Waals surface area contributed by atoms with Crippen LogP contribution in [0, 0.1) is 0 Å². The lowest BCUT2D eigenvalue weighted by molar-refractivity contribution is 0.448. The van der Waals surface area contributed by atoms with Gasteiger partial charge in [-0.1, -0.05) is 23.7 Å². The van der Waals surface area contributed by atoms with E-state index in [0.717, 1.165) is 5.56 Å². The maximum Gasteiger partial charge on any atom is 0.243 e. The van der Waals surface area contributed by atoms with E-state index in [1.54, 1.807) is 24.4 Å². The van der Waals surface area contributed by atoms with Gasteiger partial charge in [-0.2, -0.15) is 5.10 Å². The summed E-state index contributed by atoms with van der Waals surface area (Å²) in [7, 11) is 0. The zero-order chi connectivity index (χ0) is 11.4. The van der Waals surface area contributed by atoms with Crippen LogP contribution in [-0.4, -0.2) is 10.2 Å². The number of benzene rings is 1. The van der Waals surface area contributed by atoms with E-state index in [-0.39, 0.29) is 0 Å². The van der Waals surface area contributed by atoms with Gasteiger partial charge in [0, 0.05) is 12.1 Å². The Morgan fingerprint density at radius 2 is 2.06 bits per heavy atom. The van der Waals surface area contributed by atoms with E-state index >= 15 is 0 Å². The van der Waals surface area contributed by atoms with Crippen molar-refractivity contribution >= 4 is 11.6 Å². The van der Waals surface area contributed by atoms with Crippen LogP contribution in [0.15, 0.2) is 36.5 Å². The summed E-state index contributed by atoms with van der Waals surface area (Å²) in [6, 6.07) is 8.93. The molecule has 2 aromatic rings. The van der Waals surface area contributed by atoms with Gasteiger partial charge in [0.25, 0.3) is 0 Å². The van der Waals surface area contributed by atoms with E-state index in [9.17, 15) is 0 Å². The van der Waals surface area contributed by atoms with Gasteiger partial charge in [0.15, 0.2) is 0 Å². The molecule has 1 heterocycles. The van der Waals surface area contributed by atoms with Crippen molar-refractivity contribution in [2.45, 2.75) is 6.54 Å². The molecule has 2 N–H and O–H groups in total. The first-order valence-electron chi connectivity index (χ1n) is 4.74. The lowest BCUT2D eigenvalue weighted by Crippen LogP contribution is -2.02. The Hall–Kier alpha value is -1.65. The summed E-state index contributed by atoms with van der Waals surface area (Å²) < 4.78 is 5.55. The predicted molar refractivity (Wildman–Crippen MR) is 61.4 cm³/mol. The predicted octanol–water partition coefficient (Wildman–Crippen LogP) is 2.38. The molecule has 0 spiro atoms. The van der Waals surface area contributed by atoms with Crippen LogP contribution in [0.3, 0.4) is 0 Å². The number of hydrogen-bond acceptors (Lipinski definition) is 4. The molecule has 0 amide bonds. The molecule has 0 atom stereocenters. The van der Waals surface area contributed by atoms with Crippen LogP contribution < -0.4 is 10.5 Å². The molecular formula is C11H10ClN3O. The quantitative estimate of drug-likeness (QED) is 0.887. The number of aromatic nitrogens is 2. The van der Waals surface area contributed by atoms with E-state index in [1.807, 2.05) is 12.1 Å². The second-order valence-electron chi connectivity index (χ2n) is 3.10. The van der Waals surface area contributed by atoms with Crippen LogP contribution in [0.4, 0.5) is 0 Å². The summed E-state index contributed by atoms with van der Waals surface area (Å²) in [6.45, 7) is 0.343. The fourth-order valence-electron chi connectivity index (χ4n) is 1.22. The van der Waals surface area contributed by atoms with Crippen molar-refractivity contribution in [1.82, 2.24) is 10.2 Å². The summed E-state index contributed by atoms with van der Waals surface area (Å²) in [5, 5.41) is 8.14. The molecule has 2 rings (SSSR count). The minimum absolute atomic E-state index is 0.343. The molecule has 82 valence electrons. The maximum atomic E-state index is 5.97. The summed E-state index contributed by atoms with van der Waals surface area (Å²) in [5.74, 6) is 0.928. The van der Waals surface area contributed by atoms with Gasteiger partial charge in [-0.25, -0.2) is 0 Å². The molecule has 0 aliphatic carbocycles. The van der Waals surface area contributed by atoms with Crippen LogP contribution in [0.25, 0.3) is 0 Å². The number of rotatable bonds is 3. The zero-order valence-corrected chi connectivity index (χ0v) is 9.19. The lowest BCUT2D eigenvalue weighted by Gasteiger charge is -2.08. The van der Waals surface area contributed by atoms with Crippen molar-refractivity contribution in [2.24, 2.45) is 5.73 Å². The minimum atomic E-state index is 0.343. The van der Waals surface area contributed by atoms with Crippen LogP contribution in [-0.2, 0) is 6.54 Å². The van der Waals surface area contributed by atoms with Crippen LogP contribution in [0.1, 0.15) is 5.56 Å². The first-order valence-corrected chi connectivity index (χ1v) is 5.12. The van der Waals surface area contributed by atoms with Crippen molar-refractivity contribution in [3.63, 3.8) is 0 Å². The van der Waals surface area contributed by atoms with Crippen LogP contribution >= 0.6 is 11.6 Å². The van der Waals surface area contributed by atoms with Crippen molar-refractivity contribution < 1.29 is 4.74 Å². The number of ether oxygens (including phenoxy) is 1. The molecule has 0 unspecified atom stereocenters. The van der Waals surface area contributed by atoms with Crippen molar-refractivity contribution in [2.75, 3.05) is 0 Å². The smallest absolute Gasteiger partial charge is 0.243 e. The first-order chi connectivity index (χ1) is 7.81. The summed E-state index contributed by atoms with van der Waals surface area (Å²) in [5.41, 5.74) is 6.35. The number of para-hydroxylation sites is 1. The number of hydrogen-bond donors (Lipinski definition) is 1. The highest BCUT2D eigenvalue weighted by atomic mass is 35.5. The zero-order valence-electron chi connectivity index (χ0n) is 8.43. The molecule has 0 saturated carbocycles. The molecular weight excluding hydrogens is 226 g/mol. The van der Waals surface area contributed by atoms with E-state index in [0.29, 0.717) is 23.2 Å². The SMILES string of the molecule is NCc1ccnnc1Oc1ccccc1Cl. The summed E-state index contributed by atoms with van der Waals surface area (Å²) >= 11 is 5.97. The number of nitrogens with zero attached hydrogens (tertiary/aromatic N) is 2. The Kier molecular flexibility index (Phi) is 3.34. The van der Waals surface area contributed by atoms with E-state index in [2.05, 4.69) is 10.2 Å². The van der Waals surface area contributed by atoms with Crippen molar-refractivity contribution in [3.8, 4) is 11.6 Å². The minimum Gasteiger partial charge on any atom is -0.436 e. The van der Waals surface area contributed by atoms with E-state index in [4.69, 9.17) is 22.1 Å². The summed E-state index contributed by atoms with van der Waals surface area (Å²) in [6.07, 6.45) is 1.57. The fraction of sp³-hybridized carbons (Fsp3) is 0.0909. The molecule has 0 bridgehead atoms. The highest BCUT2D eigenvalue weighted by Gasteiger charge is 2.07. The molecule has 0 fully saturated rings. The van der Waals surface area contributed by atoms with Gasteiger partial charge in [-0.15, -0.1) is 5.10 Å². The molecule has 1 aromatic carbocycles. The van der Waals surface area contributed by atoms with Gasteiger partial charge in [-0.3, -0.25) is 0 Å². The van der Waals surface area contributed by atoms with Gasteiger partial charge in [0.1, 0.15) is 5.75 Å². The second kappa shape index (κ2) is 4.92. The standard InChI is InChI=1S/C11H10ClN3O/c12-9-3-1-2-4-10(9)16-11-8(7-13)5-6-14-15-11/h1-6H,7,13H2. The van der Waals surface area contributed by atoms with Gasteiger partial charge < -0.3 is 10.5 Å². The normalized spacial score (nSPS) is 10.1. The van der Waals surface area contributed by atoms with Crippen LogP contribution in [0.5, 0.6) is 11.6 Å². The largest absolute Gasteiger partial charge is 0.436 e. The average Bonchev–Trinajstić information content (AvgIpc) is 2.33. The highest BCUT2D eigenvalue weighted by Crippen LogP contribution is 2.28. The Morgan fingerprint density at radius 1 is 1.25 bits per heavy atom. The third-order valence-electron chi connectivity index (χ3n) is 2.03. The molecule has 5 heteroatoms. The lowest BCUT2D eigenvalue weighted by atomic mass is 10.3. The Morgan fingerprint density at radius 3 is 2.81 bits per heavy atom. The average molecular weight is 236 g/mol. The fourth-order valence-corrected chi connectivity index (χ4v) is 1.39. The topological polar surface area (TPSA) is 61.0 Å². The second-order valence-corrected chi connectivity index (χ2v) is 3.51. The van der Waals surface area contributed by atoms with Crippen molar-refractivity contribution in [3.05, 3.63) is 47.1 Å². The van der Waals surface area contributed by atoms with E-state index < -0.39 is 0 Å². The van der Waals surface area contributed by atoms with E-state index in [1.165, 1.54) is 0 Å². The number of halogens is 1. The Bertz CT molecular complexity index is 490. The molecule has 16 heavy (non-hydrogen) atoms. The Labute approximate surface area is 98.0 Å². The molecule has 1 aromatic heterocycles. The molecule has 0 radical (unpaired) electrons. The van der Waals surface area contributed by atoms with Crippen molar-refractivity contribution in [1.29, 1.82) is 0 Å². The summed E-state index contributed by atoms with van der Waals surface area (Å²) in [4.78, 5) is 0. The monoisotopic (exact) mass is 235 g/mol. The van der Waals surface area contributed by atoms with Gasteiger partial charge >= 0.3 is 0 Å². The number of nitrogens with two attached hydrogens (primary N) is 1.